The van der Waals surface area contributed by atoms with Crippen molar-refractivity contribution in [3.8, 4) is 11.5 Å². The third-order valence-electron chi connectivity index (χ3n) is 5.79. The number of Topliss-reactive ketones (excluding diaryl/α,β-unsaturated/α-hetero) is 1. The van der Waals surface area contributed by atoms with Crippen LogP contribution in [-0.2, 0) is 16.6 Å². The molecular formula is C17H23NO4. The number of fused-ring (bicyclic) bond motifs is 3. The van der Waals surface area contributed by atoms with Gasteiger partial charge in [-0.05, 0) is 37.9 Å². The van der Waals surface area contributed by atoms with Gasteiger partial charge in [0.25, 0.3) is 0 Å². The summed E-state index contributed by atoms with van der Waals surface area (Å²) >= 11 is 0. The van der Waals surface area contributed by atoms with E-state index in [4.69, 9.17) is 0 Å². The first-order chi connectivity index (χ1) is 10.4. The Kier molecular flexibility index (Phi) is 3.45. The van der Waals surface area contributed by atoms with Crippen LogP contribution < -0.4 is 5.32 Å². The SMILES string of the molecule is CC[C@]12CC(=O)CC[C@@]1(O)[C@H](NC)Cc1ccc(O)c(O)c12. The first-order valence-electron chi connectivity index (χ1n) is 7.85. The molecule has 1 fully saturated rings. The van der Waals surface area contributed by atoms with Crippen molar-refractivity contribution < 1.29 is 20.1 Å². The fourth-order valence-electron chi connectivity index (χ4n) is 4.62. The first kappa shape index (κ1) is 15.3. The van der Waals surface area contributed by atoms with E-state index < -0.39 is 11.0 Å². The Labute approximate surface area is 130 Å². The van der Waals surface area contributed by atoms with Crippen molar-refractivity contribution >= 4 is 5.78 Å². The van der Waals surface area contributed by atoms with Crippen LogP contribution in [0.4, 0.5) is 0 Å². The van der Waals surface area contributed by atoms with Crippen LogP contribution in [0.1, 0.15) is 43.7 Å². The lowest BCUT2D eigenvalue weighted by Crippen LogP contribution is -2.68. The highest BCUT2D eigenvalue weighted by Crippen LogP contribution is 2.57. The van der Waals surface area contributed by atoms with Crippen LogP contribution in [0.2, 0.25) is 0 Å². The van der Waals surface area contributed by atoms with Crippen LogP contribution in [0, 0.1) is 0 Å². The molecule has 3 rings (SSSR count). The second-order valence-electron chi connectivity index (χ2n) is 6.59. The third-order valence-corrected chi connectivity index (χ3v) is 5.79. The molecule has 2 aliphatic rings. The minimum absolute atomic E-state index is 0.0944. The standard InChI is InChI=1S/C17H23NO4/c1-3-16-9-11(19)6-7-17(16,22)13(18-2)8-10-4-5-12(20)15(21)14(10)16/h4-5,13,18,20-22H,3,6-9H2,1-2H3/t13-,16-,17-/m1/s1. The highest BCUT2D eigenvalue weighted by Gasteiger charge is 2.61. The Morgan fingerprint density at radius 2 is 2.09 bits per heavy atom. The molecule has 22 heavy (non-hydrogen) atoms. The number of ketones is 1. The lowest BCUT2D eigenvalue weighted by atomic mass is 9.51. The summed E-state index contributed by atoms with van der Waals surface area (Å²) in [5.74, 6) is -0.297. The summed E-state index contributed by atoms with van der Waals surface area (Å²) < 4.78 is 0. The minimum Gasteiger partial charge on any atom is -0.504 e. The lowest BCUT2D eigenvalue weighted by molar-refractivity contribution is -0.142. The van der Waals surface area contributed by atoms with E-state index in [-0.39, 0.29) is 29.7 Å². The third kappa shape index (κ3) is 1.75. The largest absolute Gasteiger partial charge is 0.504 e. The predicted octanol–water partition coefficient (Wildman–Crippen LogP) is 1.37. The number of benzene rings is 1. The van der Waals surface area contributed by atoms with E-state index in [1.54, 1.807) is 6.07 Å². The summed E-state index contributed by atoms with van der Waals surface area (Å²) in [5.41, 5.74) is -0.525. The topological polar surface area (TPSA) is 89.8 Å². The van der Waals surface area contributed by atoms with E-state index in [1.165, 1.54) is 6.07 Å². The molecule has 5 nitrogen and oxygen atoms in total. The molecule has 0 unspecified atom stereocenters. The number of hydrogen-bond acceptors (Lipinski definition) is 5. The fraction of sp³-hybridized carbons (Fsp3) is 0.588. The van der Waals surface area contributed by atoms with Gasteiger partial charge < -0.3 is 20.6 Å². The minimum atomic E-state index is -1.11. The average molecular weight is 305 g/mol. The quantitative estimate of drug-likeness (QED) is 0.620. The number of aliphatic hydroxyl groups is 1. The molecule has 120 valence electrons. The average Bonchev–Trinajstić information content (AvgIpc) is 2.50. The van der Waals surface area contributed by atoms with Gasteiger partial charge in [0.15, 0.2) is 11.5 Å². The van der Waals surface area contributed by atoms with E-state index in [1.807, 2.05) is 14.0 Å². The van der Waals surface area contributed by atoms with Crippen molar-refractivity contribution in [3.63, 3.8) is 0 Å². The number of rotatable bonds is 2. The number of carbonyl (C=O) groups excluding carboxylic acids is 1. The second-order valence-corrected chi connectivity index (χ2v) is 6.59. The van der Waals surface area contributed by atoms with Crippen molar-refractivity contribution in [1.82, 2.24) is 5.32 Å². The molecule has 0 saturated heterocycles. The number of carbonyl (C=O) groups is 1. The molecule has 2 aliphatic carbocycles. The molecule has 1 aromatic carbocycles. The zero-order chi connectivity index (χ0) is 16.1. The summed E-state index contributed by atoms with van der Waals surface area (Å²) in [7, 11) is 1.81. The van der Waals surface area contributed by atoms with E-state index >= 15 is 0 Å². The number of phenolic OH excluding ortho intramolecular Hbond substituents is 2. The number of phenols is 2. The number of hydrogen-bond donors (Lipinski definition) is 4. The maximum Gasteiger partial charge on any atom is 0.161 e. The van der Waals surface area contributed by atoms with Gasteiger partial charge in [-0.1, -0.05) is 13.0 Å². The molecule has 0 spiro atoms. The maximum atomic E-state index is 12.1. The molecule has 3 atom stereocenters. The molecule has 0 aliphatic heterocycles. The highest BCUT2D eigenvalue weighted by atomic mass is 16.3. The zero-order valence-corrected chi connectivity index (χ0v) is 13.0. The molecule has 0 bridgehead atoms. The van der Waals surface area contributed by atoms with Gasteiger partial charge in [0.2, 0.25) is 0 Å². The number of likely N-dealkylation sites (N-methyl/N-ethyl adjacent to an activating group) is 1. The van der Waals surface area contributed by atoms with Crippen LogP contribution in [0.3, 0.4) is 0 Å². The normalized spacial score (nSPS) is 34.1. The van der Waals surface area contributed by atoms with Crippen molar-refractivity contribution in [2.24, 2.45) is 0 Å². The summed E-state index contributed by atoms with van der Waals surface area (Å²) in [5, 5.41) is 35.0. The molecule has 1 aromatic rings. The van der Waals surface area contributed by atoms with Crippen molar-refractivity contribution in [3.05, 3.63) is 23.3 Å². The van der Waals surface area contributed by atoms with E-state index in [0.717, 1.165) is 5.56 Å². The van der Waals surface area contributed by atoms with Gasteiger partial charge >= 0.3 is 0 Å². The van der Waals surface area contributed by atoms with Gasteiger partial charge in [-0.15, -0.1) is 0 Å². The van der Waals surface area contributed by atoms with E-state index in [9.17, 15) is 20.1 Å². The summed E-state index contributed by atoms with van der Waals surface area (Å²) in [6.07, 6.45) is 2.01. The Bertz CT molecular complexity index is 629. The Morgan fingerprint density at radius 1 is 1.36 bits per heavy atom. The van der Waals surface area contributed by atoms with Crippen LogP contribution >= 0.6 is 0 Å². The molecule has 0 radical (unpaired) electrons. The van der Waals surface area contributed by atoms with Crippen molar-refractivity contribution in [2.75, 3.05) is 7.05 Å². The van der Waals surface area contributed by atoms with Crippen LogP contribution in [-0.4, -0.2) is 39.8 Å². The smallest absolute Gasteiger partial charge is 0.161 e. The van der Waals surface area contributed by atoms with Gasteiger partial charge in [-0.3, -0.25) is 4.79 Å². The Hall–Kier alpha value is -1.59. The van der Waals surface area contributed by atoms with Gasteiger partial charge in [0.05, 0.1) is 5.60 Å². The maximum absolute atomic E-state index is 12.1. The highest BCUT2D eigenvalue weighted by molar-refractivity contribution is 5.83. The van der Waals surface area contributed by atoms with E-state index in [2.05, 4.69) is 5.32 Å². The van der Waals surface area contributed by atoms with Gasteiger partial charge in [-0.25, -0.2) is 0 Å². The molecule has 5 heteroatoms. The van der Waals surface area contributed by atoms with Gasteiger partial charge in [0.1, 0.15) is 5.78 Å². The van der Waals surface area contributed by atoms with Crippen molar-refractivity contribution in [1.29, 1.82) is 0 Å². The molecule has 0 aromatic heterocycles. The number of aromatic hydroxyl groups is 2. The lowest BCUT2D eigenvalue weighted by Gasteiger charge is -2.57. The second kappa shape index (κ2) is 4.96. The summed E-state index contributed by atoms with van der Waals surface area (Å²) in [6.45, 7) is 1.93. The Morgan fingerprint density at radius 3 is 2.73 bits per heavy atom. The van der Waals surface area contributed by atoms with Crippen LogP contribution in [0.5, 0.6) is 11.5 Å². The van der Waals surface area contributed by atoms with Crippen molar-refractivity contribution in [2.45, 2.75) is 56.1 Å². The molecule has 4 N–H and O–H groups in total. The summed E-state index contributed by atoms with van der Waals surface area (Å²) in [4.78, 5) is 12.1. The summed E-state index contributed by atoms with van der Waals surface area (Å²) in [6, 6.07) is 3.07. The molecular weight excluding hydrogens is 282 g/mol. The number of nitrogens with one attached hydrogen (secondary N) is 1. The van der Waals surface area contributed by atoms with Gasteiger partial charge in [-0.2, -0.15) is 0 Å². The molecule has 0 heterocycles. The van der Waals surface area contributed by atoms with Crippen LogP contribution in [0.15, 0.2) is 12.1 Å². The monoisotopic (exact) mass is 305 g/mol. The fourth-order valence-corrected chi connectivity index (χ4v) is 4.62. The zero-order valence-electron chi connectivity index (χ0n) is 13.0. The van der Waals surface area contributed by atoms with E-state index in [0.29, 0.717) is 31.2 Å². The van der Waals surface area contributed by atoms with Gasteiger partial charge in [0, 0.05) is 29.9 Å². The Balaban J connectivity index is 2.32. The molecule has 0 amide bonds. The predicted molar refractivity (Wildman–Crippen MR) is 82.1 cm³/mol. The molecule has 1 saturated carbocycles. The van der Waals surface area contributed by atoms with Crippen LogP contribution in [0.25, 0.3) is 0 Å². The first-order valence-corrected chi connectivity index (χ1v) is 7.85.